The fraction of sp³-hybridized carbons (Fsp3) is 0.889. The maximum atomic E-state index is 5.71. The molecule has 0 spiro atoms. The van der Waals surface area contributed by atoms with Crippen LogP contribution in [0.15, 0.2) is 5.10 Å². The number of hydrogen-bond acceptors (Lipinski definition) is 2. The molecule has 1 aliphatic rings. The summed E-state index contributed by atoms with van der Waals surface area (Å²) in [5.74, 6) is 6.97. The number of rotatable bonds is 0. The lowest BCUT2D eigenvalue weighted by molar-refractivity contribution is 0.145. The first-order chi connectivity index (χ1) is 6.06. The number of hydrazone groups is 1. The molecule has 1 heterocycles. The van der Waals surface area contributed by atoms with Crippen LogP contribution in [0.3, 0.4) is 0 Å². The normalized spacial score (nSPS) is 36.4. The Labute approximate surface area is 80.0 Å². The molecule has 4 heteroatoms. The Morgan fingerprint density at radius 3 is 2.54 bits per heavy atom. The topological polar surface area (TPSA) is 67.6 Å². The van der Waals surface area contributed by atoms with E-state index in [4.69, 9.17) is 11.6 Å². The second kappa shape index (κ2) is 3.85. The van der Waals surface area contributed by atoms with E-state index in [1.165, 1.54) is 6.42 Å². The van der Waals surface area contributed by atoms with Crippen molar-refractivity contribution in [3.63, 3.8) is 0 Å². The Morgan fingerprint density at radius 2 is 2.00 bits per heavy atom. The van der Waals surface area contributed by atoms with Gasteiger partial charge in [-0.1, -0.05) is 13.8 Å². The third-order valence-corrected chi connectivity index (χ3v) is 3.02. The van der Waals surface area contributed by atoms with E-state index in [0.29, 0.717) is 23.8 Å². The van der Waals surface area contributed by atoms with Crippen LogP contribution in [0, 0.1) is 11.8 Å². The van der Waals surface area contributed by atoms with Crippen molar-refractivity contribution < 1.29 is 0 Å². The highest BCUT2D eigenvalue weighted by molar-refractivity contribution is 5.78. The minimum Gasteiger partial charge on any atom is -0.368 e. The maximum Gasteiger partial charge on any atom is 0.213 e. The number of nitrogens with zero attached hydrogens (tertiary/aromatic N) is 2. The van der Waals surface area contributed by atoms with Crippen molar-refractivity contribution in [3.05, 3.63) is 0 Å². The molecule has 0 aliphatic carbocycles. The molecule has 0 aromatic carbocycles. The molecule has 1 fully saturated rings. The molecule has 1 aliphatic heterocycles. The van der Waals surface area contributed by atoms with Crippen LogP contribution >= 0.6 is 0 Å². The van der Waals surface area contributed by atoms with Crippen LogP contribution in [0.5, 0.6) is 0 Å². The summed E-state index contributed by atoms with van der Waals surface area (Å²) in [5.41, 5.74) is 5.71. The van der Waals surface area contributed by atoms with E-state index in [9.17, 15) is 0 Å². The molecule has 4 nitrogen and oxygen atoms in total. The van der Waals surface area contributed by atoms with Crippen molar-refractivity contribution in [2.75, 3.05) is 6.54 Å². The molecular weight excluding hydrogens is 164 g/mol. The summed E-state index contributed by atoms with van der Waals surface area (Å²) in [5, 5.41) is 3.55. The average Bonchev–Trinajstić information content (AvgIpc) is 2.10. The highest BCUT2D eigenvalue weighted by atomic mass is 15.3. The fourth-order valence-electron chi connectivity index (χ4n) is 2.09. The van der Waals surface area contributed by atoms with Crippen molar-refractivity contribution in [2.24, 2.45) is 28.5 Å². The molecule has 1 rings (SSSR count). The molecule has 3 atom stereocenters. The summed E-state index contributed by atoms with van der Waals surface area (Å²) < 4.78 is 0. The van der Waals surface area contributed by atoms with E-state index in [1.54, 1.807) is 0 Å². The first-order valence-electron chi connectivity index (χ1n) is 4.86. The van der Waals surface area contributed by atoms with E-state index in [0.717, 1.165) is 6.54 Å². The second-order valence-electron chi connectivity index (χ2n) is 4.20. The van der Waals surface area contributed by atoms with Crippen LogP contribution in [0.4, 0.5) is 0 Å². The van der Waals surface area contributed by atoms with Gasteiger partial charge in [-0.2, -0.15) is 0 Å². The third kappa shape index (κ3) is 2.05. The Balaban J connectivity index is 2.72. The summed E-state index contributed by atoms with van der Waals surface area (Å²) in [6.07, 6.45) is 1.26. The Morgan fingerprint density at radius 1 is 1.38 bits per heavy atom. The zero-order chi connectivity index (χ0) is 10.0. The largest absolute Gasteiger partial charge is 0.368 e. The van der Waals surface area contributed by atoms with Crippen molar-refractivity contribution >= 4 is 5.96 Å². The lowest BCUT2D eigenvalue weighted by Gasteiger charge is -2.41. The van der Waals surface area contributed by atoms with E-state index < -0.39 is 0 Å². The average molecular weight is 184 g/mol. The molecule has 76 valence electrons. The van der Waals surface area contributed by atoms with Gasteiger partial charge in [0.15, 0.2) is 0 Å². The molecule has 0 radical (unpaired) electrons. The molecule has 1 saturated heterocycles. The molecule has 3 unspecified atom stereocenters. The Hall–Kier alpha value is -0.930. The van der Waals surface area contributed by atoms with Crippen LogP contribution in [0.25, 0.3) is 0 Å². The van der Waals surface area contributed by atoms with Crippen LogP contribution < -0.4 is 11.6 Å². The highest BCUT2D eigenvalue weighted by Gasteiger charge is 2.29. The van der Waals surface area contributed by atoms with E-state index in [-0.39, 0.29) is 0 Å². The summed E-state index contributed by atoms with van der Waals surface area (Å²) in [6, 6.07) is 0.448. The maximum absolute atomic E-state index is 5.71. The summed E-state index contributed by atoms with van der Waals surface area (Å²) in [4.78, 5) is 2.10. The van der Waals surface area contributed by atoms with Gasteiger partial charge in [0, 0.05) is 12.6 Å². The zero-order valence-electron chi connectivity index (χ0n) is 8.70. The van der Waals surface area contributed by atoms with Crippen LogP contribution in [-0.2, 0) is 0 Å². The number of nitrogens with two attached hydrogens (primary N) is 2. The molecule has 13 heavy (non-hydrogen) atoms. The van der Waals surface area contributed by atoms with Crippen molar-refractivity contribution in [1.29, 1.82) is 0 Å². The predicted molar refractivity (Wildman–Crippen MR) is 54.9 cm³/mol. The van der Waals surface area contributed by atoms with E-state index in [2.05, 4.69) is 30.8 Å². The van der Waals surface area contributed by atoms with E-state index in [1.807, 2.05) is 0 Å². The Kier molecular flexibility index (Phi) is 3.01. The molecule has 4 N–H and O–H groups in total. The van der Waals surface area contributed by atoms with Gasteiger partial charge in [-0.15, -0.1) is 5.10 Å². The summed E-state index contributed by atoms with van der Waals surface area (Å²) in [6.45, 7) is 7.63. The zero-order valence-corrected chi connectivity index (χ0v) is 8.70. The first-order valence-corrected chi connectivity index (χ1v) is 4.86. The molecule has 0 aromatic heterocycles. The van der Waals surface area contributed by atoms with Gasteiger partial charge in [0.1, 0.15) is 0 Å². The van der Waals surface area contributed by atoms with Gasteiger partial charge >= 0.3 is 0 Å². The monoisotopic (exact) mass is 184 g/mol. The number of guanidine groups is 1. The van der Waals surface area contributed by atoms with Gasteiger partial charge in [0.05, 0.1) is 0 Å². The van der Waals surface area contributed by atoms with Crippen molar-refractivity contribution in [2.45, 2.75) is 33.2 Å². The van der Waals surface area contributed by atoms with Crippen molar-refractivity contribution in [3.8, 4) is 0 Å². The number of likely N-dealkylation sites (tertiary alicyclic amines) is 1. The van der Waals surface area contributed by atoms with Gasteiger partial charge in [-0.05, 0) is 25.2 Å². The van der Waals surface area contributed by atoms with Gasteiger partial charge in [-0.3, -0.25) is 0 Å². The van der Waals surface area contributed by atoms with Crippen LogP contribution in [0.1, 0.15) is 27.2 Å². The lowest BCUT2D eigenvalue weighted by atomic mass is 9.86. The first kappa shape index (κ1) is 10.2. The van der Waals surface area contributed by atoms with E-state index >= 15 is 0 Å². The SMILES string of the molecule is CC1CC(C)C(C)N(C(N)=NN)C1. The Bertz CT molecular complexity index is 202. The van der Waals surface area contributed by atoms with Gasteiger partial charge in [0.25, 0.3) is 0 Å². The van der Waals surface area contributed by atoms with Crippen molar-refractivity contribution in [1.82, 2.24) is 4.90 Å². The standard InChI is InChI=1S/C9H20N4/c1-6-4-7(2)8(3)13(5-6)9(10)12-11/h6-8H,4-5,11H2,1-3H3,(H2,10,12). The van der Waals surface area contributed by atoms with Gasteiger partial charge in [0.2, 0.25) is 5.96 Å². The number of piperidine rings is 1. The molecule has 0 aromatic rings. The van der Waals surface area contributed by atoms with Gasteiger partial charge in [-0.25, -0.2) is 0 Å². The fourth-order valence-corrected chi connectivity index (χ4v) is 2.09. The summed E-state index contributed by atoms with van der Waals surface area (Å²) >= 11 is 0. The third-order valence-electron chi connectivity index (χ3n) is 3.02. The smallest absolute Gasteiger partial charge is 0.213 e. The minimum atomic E-state index is 0.448. The predicted octanol–water partition coefficient (Wildman–Crippen LogP) is 0.541. The minimum absolute atomic E-state index is 0.448. The molecule has 0 bridgehead atoms. The van der Waals surface area contributed by atoms with Crippen LogP contribution in [0.2, 0.25) is 0 Å². The molecule has 0 amide bonds. The summed E-state index contributed by atoms with van der Waals surface area (Å²) in [7, 11) is 0. The number of hydrogen-bond donors (Lipinski definition) is 2. The van der Waals surface area contributed by atoms with Gasteiger partial charge < -0.3 is 16.5 Å². The lowest BCUT2D eigenvalue weighted by Crippen LogP contribution is -2.52. The quantitative estimate of drug-likeness (QED) is 0.250. The second-order valence-corrected chi connectivity index (χ2v) is 4.20. The molecule has 0 saturated carbocycles. The van der Waals surface area contributed by atoms with Crippen LogP contribution in [-0.4, -0.2) is 23.4 Å². The highest BCUT2D eigenvalue weighted by Crippen LogP contribution is 2.26. The molecular formula is C9H20N4.